The monoisotopic (exact) mass is 570 g/mol. The number of rotatable bonds is 11. The van der Waals surface area contributed by atoms with Crippen LogP contribution in [0.2, 0.25) is 0 Å². The van der Waals surface area contributed by atoms with E-state index in [0.29, 0.717) is 12.0 Å². The van der Waals surface area contributed by atoms with Gasteiger partial charge in [0, 0.05) is 18.1 Å². The van der Waals surface area contributed by atoms with E-state index in [9.17, 15) is 41.0 Å². The molecule has 0 atom stereocenters. The highest BCUT2D eigenvalue weighted by Gasteiger charge is 2.31. The first-order valence-corrected chi connectivity index (χ1v) is 11.3. The van der Waals surface area contributed by atoms with Crippen LogP contribution in [0.4, 0.5) is 32.0 Å². The normalized spacial score (nSPS) is 11.8. The van der Waals surface area contributed by atoms with Gasteiger partial charge in [-0.15, -0.1) is 13.2 Å². The van der Waals surface area contributed by atoms with Crippen molar-refractivity contribution in [1.29, 1.82) is 0 Å². The zero-order chi connectivity index (χ0) is 29.3. The first-order chi connectivity index (χ1) is 18.8. The lowest BCUT2D eigenvalue weighted by atomic mass is 10.1. The summed E-state index contributed by atoms with van der Waals surface area (Å²) in [6.45, 7) is 0.207. The molecule has 0 radical (unpaired) electrons. The number of carbonyl (C=O) groups excluding carboxylic acids is 1. The number of hydrogen-bond acceptors (Lipinski definition) is 6. The van der Waals surface area contributed by atoms with Gasteiger partial charge in [0.15, 0.2) is 0 Å². The summed E-state index contributed by atoms with van der Waals surface area (Å²) in [6.07, 6.45) is -7.75. The van der Waals surface area contributed by atoms with Gasteiger partial charge in [0.25, 0.3) is 5.91 Å². The van der Waals surface area contributed by atoms with Gasteiger partial charge in [0.1, 0.15) is 18.1 Å². The number of oxime groups is 1. The van der Waals surface area contributed by atoms with E-state index in [4.69, 9.17) is 9.57 Å². The molecular weight excluding hydrogens is 550 g/mol. The second-order valence-corrected chi connectivity index (χ2v) is 7.93. The Morgan fingerprint density at radius 2 is 1.52 bits per heavy atom. The average Bonchev–Trinajstić information content (AvgIpc) is 2.87. The molecule has 212 valence electrons. The van der Waals surface area contributed by atoms with Gasteiger partial charge in [-0.05, 0) is 54.1 Å². The Labute approximate surface area is 222 Å². The Bertz CT molecular complexity index is 1340. The van der Waals surface area contributed by atoms with Crippen LogP contribution in [0.1, 0.15) is 38.3 Å². The van der Waals surface area contributed by atoms with Crippen molar-refractivity contribution in [3.63, 3.8) is 0 Å². The largest absolute Gasteiger partial charge is 0.573 e. The highest BCUT2D eigenvalue weighted by molar-refractivity contribution is 6.08. The van der Waals surface area contributed by atoms with E-state index in [1.165, 1.54) is 36.5 Å². The summed E-state index contributed by atoms with van der Waals surface area (Å²) in [4.78, 5) is 29.1. The molecule has 0 saturated carbocycles. The Kier molecular flexibility index (Phi) is 9.59. The summed E-state index contributed by atoms with van der Waals surface area (Å²) in [5.74, 6) is -2.44. The molecule has 3 rings (SSSR count). The number of carbonyl (C=O) groups is 2. The quantitative estimate of drug-likeness (QED) is 0.120. The van der Waals surface area contributed by atoms with Gasteiger partial charge in [0.05, 0.1) is 29.6 Å². The lowest BCUT2D eigenvalue weighted by Gasteiger charge is -2.12. The van der Waals surface area contributed by atoms with Crippen molar-refractivity contribution in [2.45, 2.75) is 19.0 Å². The average molecular weight is 570 g/mol. The number of aromatic carboxylic acids is 1. The summed E-state index contributed by atoms with van der Waals surface area (Å²) in [5.41, 5.74) is -0.786. The SMILES string of the molecule is O=C(Nc1cc(OCCCO/N=C/c2ccc(C(F)(F)F)cc2)ccc1C(=O)O)c1ccc(OC(F)(F)F)cc1. The van der Waals surface area contributed by atoms with Gasteiger partial charge in [-0.25, -0.2) is 4.79 Å². The summed E-state index contributed by atoms with van der Waals surface area (Å²) >= 11 is 0. The van der Waals surface area contributed by atoms with Crippen LogP contribution in [0.3, 0.4) is 0 Å². The van der Waals surface area contributed by atoms with Crippen molar-refractivity contribution in [2.24, 2.45) is 5.16 Å². The van der Waals surface area contributed by atoms with Crippen molar-refractivity contribution in [3.8, 4) is 11.5 Å². The molecule has 0 aliphatic rings. The third kappa shape index (κ3) is 9.22. The molecule has 0 fully saturated rings. The van der Waals surface area contributed by atoms with E-state index in [1.54, 1.807) is 0 Å². The minimum absolute atomic E-state index is 0.0498. The van der Waals surface area contributed by atoms with E-state index >= 15 is 0 Å². The number of anilines is 1. The molecule has 0 unspecified atom stereocenters. The topological polar surface area (TPSA) is 106 Å². The molecule has 8 nitrogen and oxygen atoms in total. The molecule has 0 aliphatic carbocycles. The Hall–Kier alpha value is -4.75. The standard InChI is InChI=1S/C26H20F6N2O6/c27-25(28,29)18-6-2-16(3-7-18)15-33-39-13-1-12-38-20-10-11-21(24(36)37)22(14-20)34-23(35)17-4-8-19(9-5-17)40-26(30,31)32/h2-11,14-15H,1,12-13H2,(H,34,35)(H,36,37)/b33-15+. The molecule has 14 heteroatoms. The number of ether oxygens (including phenoxy) is 2. The molecule has 0 saturated heterocycles. The Morgan fingerprint density at radius 3 is 2.12 bits per heavy atom. The van der Waals surface area contributed by atoms with Crippen LogP contribution in [0, 0.1) is 0 Å². The number of amides is 1. The minimum Gasteiger partial charge on any atom is -0.493 e. The van der Waals surface area contributed by atoms with Crippen LogP contribution in [0.25, 0.3) is 0 Å². The fourth-order valence-electron chi connectivity index (χ4n) is 3.13. The minimum atomic E-state index is -4.89. The summed E-state index contributed by atoms with van der Waals surface area (Å²) in [5, 5.41) is 15.5. The van der Waals surface area contributed by atoms with Crippen molar-refractivity contribution in [2.75, 3.05) is 18.5 Å². The van der Waals surface area contributed by atoms with Crippen LogP contribution >= 0.6 is 0 Å². The van der Waals surface area contributed by atoms with Gasteiger partial charge in [-0.2, -0.15) is 13.2 Å². The van der Waals surface area contributed by atoms with E-state index in [-0.39, 0.29) is 35.8 Å². The first kappa shape index (κ1) is 29.8. The number of nitrogens with zero attached hydrogens (tertiary/aromatic N) is 1. The fourth-order valence-corrected chi connectivity index (χ4v) is 3.13. The van der Waals surface area contributed by atoms with Crippen molar-refractivity contribution >= 4 is 23.8 Å². The molecule has 0 spiro atoms. The molecule has 40 heavy (non-hydrogen) atoms. The van der Waals surface area contributed by atoms with Crippen LogP contribution in [0.15, 0.2) is 71.9 Å². The lowest BCUT2D eigenvalue weighted by molar-refractivity contribution is -0.274. The molecule has 0 aliphatic heterocycles. The molecule has 3 aromatic carbocycles. The molecule has 0 bridgehead atoms. The summed E-state index contributed by atoms with van der Waals surface area (Å²) in [6, 6.07) is 12.2. The second kappa shape index (κ2) is 12.9. The maximum atomic E-state index is 12.6. The van der Waals surface area contributed by atoms with Crippen LogP contribution < -0.4 is 14.8 Å². The maximum absolute atomic E-state index is 12.6. The zero-order valence-electron chi connectivity index (χ0n) is 20.3. The highest BCUT2D eigenvalue weighted by atomic mass is 19.4. The van der Waals surface area contributed by atoms with Crippen LogP contribution in [-0.2, 0) is 11.0 Å². The lowest BCUT2D eigenvalue weighted by Crippen LogP contribution is -2.17. The molecule has 1 amide bonds. The Balaban J connectivity index is 1.51. The number of alkyl halides is 6. The third-order valence-corrected chi connectivity index (χ3v) is 4.98. The number of nitrogens with one attached hydrogen (secondary N) is 1. The molecule has 2 N–H and O–H groups in total. The van der Waals surface area contributed by atoms with E-state index in [0.717, 1.165) is 36.4 Å². The van der Waals surface area contributed by atoms with E-state index in [2.05, 4.69) is 15.2 Å². The molecule has 0 heterocycles. The molecular formula is C26H20F6N2O6. The fraction of sp³-hybridized carbons (Fsp3) is 0.192. The zero-order valence-corrected chi connectivity index (χ0v) is 20.3. The molecule has 0 aromatic heterocycles. The highest BCUT2D eigenvalue weighted by Crippen LogP contribution is 2.29. The number of carboxylic acid groups (broad SMARTS) is 1. The molecule has 3 aromatic rings. The predicted molar refractivity (Wildman–Crippen MR) is 130 cm³/mol. The second-order valence-electron chi connectivity index (χ2n) is 7.93. The maximum Gasteiger partial charge on any atom is 0.573 e. The van der Waals surface area contributed by atoms with Crippen molar-refractivity contribution < 1.29 is 55.3 Å². The van der Waals surface area contributed by atoms with Gasteiger partial charge < -0.3 is 24.7 Å². The van der Waals surface area contributed by atoms with Crippen molar-refractivity contribution in [1.82, 2.24) is 0 Å². The van der Waals surface area contributed by atoms with Crippen molar-refractivity contribution in [3.05, 3.63) is 89.0 Å². The van der Waals surface area contributed by atoms with E-state index in [1.807, 2.05) is 0 Å². The summed E-state index contributed by atoms with van der Waals surface area (Å²) < 4.78 is 83.9. The Morgan fingerprint density at radius 1 is 0.875 bits per heavy atom. The van der Waals surface area contributed by atoms with Crippen LogP contribution in [0.5, 0.6) is 11.5 Å². The smallest absolute Gasteiger partial charge is 0.493 e. The third-order valence-electron chi connectivity index (χ3n) is 4.98. The number of benzene rings is 3. The van der Waals surface area contributed by atoms with Gasteiger partial charge >= 0.3 is 18.5 Å². The number of carboxylic acids is 1. The van der Waals surface area contributed by atoms with Crippen LogP contribution in [-0.4, -0.2) is 42.8 Å². The van der Waals surface area contributed by atoms with Gasteiger partial charge in [-0.1, -0.05) is 17.3 Å². The number of hydrogen-bond donors (Lipinski definition) is 2. The summed E-state index contributed by atoms with van der Waals surface area (Å²) in [7, 11) is 0. The number of halogens is 6. The van der Waals surface area contributed by atoms with Gasteiger partial charge in [0.2, 0.25) is 0 Å². The van der Waals surface area contributed by atoms with Gasteiger partial charge in [-0.3, -0.25) is 4.79 Å². The van der Waals surface area contributed by atoms with E-state index < -0.39 is 35.7 Å². The predicted octanol–water partition coefficient (Wildman–Crippen LogP) is 6.37. The first-order valence-electron chi connectivity index (χ1n) is 11.3.